The fraction of sp³-hybridized carbons (Fsp3) is 0.429. The van der Waals surface area contributed by atoms with E-state index in [2.05, 4.69) is 0 Å². The number of aliphatic hydroxyl groups excluding tert-OH is 1. The molecule has 0 aromatic rings. The summed E-state index contributed by atoms with van der Waals surface area (Å²) in [5, 5.41) is 8.70. The third-order valence-corrected chi connectivity index (χ3v) is 1.53. The van der Waals surface area contributed by atoms with E-state index in [0.717, 1.165) is 17.6 Å². The van der Waals surface area contributed by atoms with Crippen LogP contribution in [0, 0.1) is 0 Å². The Morgan fingerprint density at radius 2 is 2.11 bits per heavy atom. The number of nitrogens with two attached hydrogens (primary N) is 1. The molecule has 0 saturated carbocycles. The van der Waals surface area contributed by atoms with Crippen molar-refractivity contribution in [3.63, 3.8) is 0 Å². The van der Waals surface area contributed by atoms with E-state index in [1.807, 2.05) is 12.2 Å². The van der Waals surface area contributed by atoms with Gasteiger partial charge in [0.25, 0.3) is 0 Å². The molecule has 1 aliphatic rings. The zero-order valence-electron chi connectivity index (χ0n) is 5.30. The minimum atomic E-state index is 0.128. The van der Waals surface area contributed by atoms with Gasteiger partial charge in [-0.05, 0) is 17.6 Å². The van der Waals surface area contributed by atoms with Gasteiger partial charge in [-0.25, -0.2) is 0 Å². The van der Waals surface area contributed by atoms with Crippen molar-refractivity contribution < 1.29 is 5.11 Å². The Balaban J connectivity index is 2.62. The van der Waals surface area contributed by atoms with Gasteiger partial charge in [-0.2, -0.15) is 0 Å². The van der Waals surface area contributed by atoms with Crippen LogP contribution in [-0.2, 0) is 0 Å². The van der Waals surface area contributed by atoms with E-state index in [0.29, 0.717) is 6.54 Å². The third kappa shape index (κ3) is 1.20. The summed E-state index contributed by atoms with van der Waals surface area (Å²) in [7, 11) is 0. The molecule has 3 N–H and O–H groups in total. The Kier molecular flexibility index (Phi) is 2.03. The largest absolute Gasteiger partial charge is 0.392 e. The van der Waals surface area contributed by atoms with Crippen molar-refractivity contribution >= 4 is 0 Å². The van der Waals surface area contributed by atoms with Crippen LogP contribution in [0.1, 0.15) is 6.42 Å². The van der Waals surface area contributed by atoms with E-state index in [4.69, 9.17) is 10.8 Å². The van der Waals surface area contributed by atoms with Crippen LogP contribution in [0.2, 0.25) is 0 Å². The lowest BCUT2D eigenvalue weighted by molar-refractivity contribution is 0.333. The van der Waals surface area contributed by atoms with Crippen LogP contribution in [0.5, 0.6) is 0 Å². The van der Waals surface area contributed by atoms with Crippen molar-refractivity contribution in [3.8, 4) is 0 Å². The lowest BCUT2D eigenvalue weighted by Gasteiger charge is -1.99. The molecule has 0 heterocycles. The number of aliphatic hydroxyl groups is 1. The highest BCUT2D eigenvalue weighted by molar-refractivity contribution is 5.37. The van der Waals surface area contributed by atoms with Crippen LogP contribution in [-0.4, -0.2) is 18.3 Å². The van der Waals surface area contributed by atoms with Crippen LogP contribution in [0.15, 0.2) is 23.3 Å². The van der Waals surface area contributed by atoms with Crippen LogP contribution >= 0.6 is 0 Å². The minimum Gasteiger partial charge on any atom is -0.392 e. The molecule has 1 rings (SSSR count). The maximum Gasteiger partial charge on any atom is 0.0681 e. The van der Waals surface area contributed by atoms with Crippen molar-refractivity contribution in [2.75, 3.05) is 13.2 Å². The molecule has 0 unspecified atom stereocenters. The summed E-state index contributed by atoms with van der Waals surface area (Å²) >= 11 is 0. The molecule has 0 atom stereocenters. The molecule has 0 saturated heterocycles. The number of allylic oxidation sites excluding steroid dienone is 2. The van der Waals surface area contributed by atoms with Gasteiger partial charge in [0.05, 0.1) is 6.61 Å². The minimum absolute atomic E-state index is 0.128. The van der Waals surface area contributed by atoms with Crippen LogP contribution in [0.3, 0.4) is 0 Å². The maximum absolute atomic E-state index is 8.70. The average molecular weight is 125 g/mol. The van der Waals surface area contributed by atoms with E-state index in [1.54, 1.807) is 0 Å². The Labute approximate surface area is 54.7 Å². The van der Waals surface area contributed by atoms with Gasteiger partial charge < -0.3 is 10.8 Å². The molecule has 0 aromatic heterocycles. The quantitative estimate of drug-likeness (QED) is 0.553. The first-order valence-electron chi connectivity index (χ1n) is 3.08. The molecule has 9 heavy (non-hydrogen) atoms. The van der Waals surface area contributed by atoms with Crippen molar-refractivity contribution in [1.29, 1.82) is 0 Å². The van der Waals surface area contributed by atoms with Gasteiger partial charge in [-0.1, -0.05) is 12.2 Å². The summed E-state index contributed by atoms with van der Waals surface area (Å²) in [5.41, 5.74) is 7.47. The summed E-state index contributed by atoms with van der Waals surface area (Å²) in [6.07, 6.45) is 4.98. The predicted molar refractivity (Wildman–Crippen MR) is 36.9 cm³/mol. The van der Waals surface area contributed by atoms with Crippen LogP contribution in [0.4, 0.5) is 0 Å². The molecule has 0 aliphatic heterocycles. The molecule has 50 valence electrons. The van der Waals surface area contributed by atoms with E-state index < -0.39 is 0 Å². The summed E-state index contributed by atoms with van der Waals surface area (Å²) in [6, 6.07) is 0. The van der Waals surface area contributed by atoms with Gasteiger partial charge in [0.1, 0.15) is 0 Å². The topological polar surface area (TPSA) is 46.2 Å². The van der Waals surface area contributed by atoms with Crippen LogP contribution in [0.25, 0.3) is 0 Å². The molecule has 0 bridgehead atoms. The summed E-state index contributed by atoms with van der Waals surface area (Å²) in [6.45, 7) is 0.676. The Morgan fingerprint density at radius 1 is 1.44 bits per heavy atom. The SMILES string of the molecule is NCC1=CCC=C1CO. The molecule has 2 nitrogen and oxygen atoms in total. The fourth-order valence-corrected chi connectivity index (χ4v) is 0.986. The van der Waals surface area contributed by atoms with Crippen molar-refractivity contribution in [1.82, 2.24) is 0 Å². The van der Waals surface area contributed by atoms with Crippen molar-refractivity contribution in [2.45, 2.75) is 6.42 Å². The molecular formula is C7H11NO. The fourth-order valence-electron chi connectivity index (χ4n) is 0.986. The van der Waals surface area contributed by atoms with Gasteiger partial charge in [0, 0.05) is 6.54 Å². The highest BCUT2D eigenvalue weighted by Crippen LogP contribution is 2.16. The Bertz CT molecular complexity index is 140. The van der Waals surface area contributed by atoms with E-state index in [-0.39, 0.29) is 6.61 Å². The van der Waals surface area contributed by atoms with Crippen LogP contribution < -0.4 is 5.73 Å². The first kappa shape index (κ1) is 6.52. The van der Waals surface area contributed by atoms with E-state index in [1.165, 1.54) is 0 Å². The van der Waals surface area contributed by atoms with Gasteiger partial charge >= 0.3 is 0 Å². The molecular weight excluding hydrogens is 114 g/mol. The molecule has 0 radical (unpaired) electrons. The Morgan fingerprint density at radius 3 is 2.56 bits per heavy atom. The zero-order chi connectivity index (χ0) is 6.69. The smallest absolute Gasteiger partial charge is 0.0681 e. The van der Waals surface area contributed by atoms with E-state index in [9.17, 15) is 0 Å². The number of hydrogen-bond donors (Lipinski definition) is 2. The summed E-state index contributed by atoms with van der Waals surface area (Å²) in [4.78, 5) is 0. The lowest BCUT2D eigenvalue weighted by atomic mass is 10.1. The third-order valence-electron chi connectivity index (χ3n) is 1.53. The zero-order valence-corrected chi connectivity index (χ0v) is 5.30. The maximum atomic E-state index is 8.70. The molecule has 2 heteroatoms. The molecule has 1 aliphatic carbocycles. The van der Waals surface area contributed by atoms with E-state index >= 15 is 0 Å². The van der Waals surface area contributed by atoms with Crippen molar-refractivity contribution in [2.24, 2.45) is 5.73 Å². The summed E-state index contributed by atoms with van der Waals surface area (Å²) in [5.74, 6) is 0. The van der Waals surface area contributed by atoms with Gasteiger partial charge in [-0.3, -0.25) is 0 Å². The Hall–Kier alpha value is -0.600. The first-order chi connectivity index (χ1) is 4.38. The first-order valence-corrected chi connectivity index (χ1v) is 3.08. The second-order valence-corrected chi connectivity index (χ2v) is 2.06. The standard InChI is InChI=1S/C7H11NO/c8-4-6-2-1-3-7(6)5-9/h2-3,9H,1,4-5,8H2. The highest BCUT2D eigenvalue weighted by Gasteiger charge is 2.05. The number of hydrogen-bond acceptors (Lipinski definition) is 2. The molecule has 0 fully saturated rings. The van der Waals surface area contributed by atoms with Gasteiger partial charge in [0.15, 0.2) is 0 Å². The average Bonchev–Trinajstić information content (AvgIpc) is 2.33. The molecule has 0 amide bonds. The summed E-state index contributed by atoms with van der Waals surface area (Å²) < 4.78 is 0. The second-order valence-electron chi connectivity index (χ2n) is 2.06. The normalized spacial score (nSPS) is 17.6. The lowest BCUT2D eigenvalue weighted by Crippen LogP contribution is -2.05. The second kappa shape index (κ2) is 2.80. The van der Waals surface area contributed by atoms with Crippen molar-refractivity contribution in [3.05, 3.63) is 23.3 Å². The molecule has 0 aromatic carbocycles. The number of rotatable bonds is 2. The monoisotopic (exact) mass is 125 g/mol. The predicted octanol–water partition coefficient (Wildman–Crippen LogP) is 0.194. The van der Waals surface area contributed by atoms with Gasteiger partial charge in [0.2, 0.25) is 0 Å². The van der Waals surface area contributed by atoms with Gasteiger partial charge in [-0.15, -0.1) is 0 Å². The highest BCUT2D eigenvalue weighted by atomic mass is 16.3. The molecule has 0 spiro atoms.